The van der Waals surface area contributed by atoms with Crippen LogP contribution in [-0.2, 0) is 20.9 Å². The third kappa shape index (κ3) is 2.36. The van der Waals surface area contributed by atoms with Crippen LogP contribution in [0.25, 0.3) is 0 Å². The van der Waals surface area contributed by atoms with E-state index in [2.05, 4.69) is 0 Å². The molecule has 0 spiro atoms. The molecule has 0 atom stereocenters. The van der Waals surface area contributed by atoms with Crippen molar-refractivity contribution in [2.75, 3.05) is 13.2 Å². The molecule has 2 rings (SSSR count). The predicted octanol–water partition coefficient (Wildman–Crippen LogP) is 0.583. The Morgan fingerprint density at radius 2 is 2.00 bits per heavy atom. The number of carbonyl (C=O) groups excluding carboxylic acids is 2. The monoisotopic (exact) mass is 248 g/mol. The largest absolute Gasteiger partial charge is 0.362 e. The van der Waals surface area contributed by atoms with Crippen molar-refractivity contribution in [3.8, 4) is 6.07 Å². The van der Waals surface area contributed by atoms with Crippen LogP contribution in [0.15, 0.2) is 18.2 Å². The summed E-state index contributed by atoms with van der Waals surface area (Å²) in [5, 5.41) is 8.72. The number of carbonyl (C=O) groups is 2. The number of halogens is 1. The lowest BCUT2D eigenvalue weighted by molar-refractivity contribution is -0.159. The molecular weight excluding hydrogens is 239 g/mol. The Balaban J connectivity index is 2.25. The fraction of sp³-hybridized carbons (Fsp3) is 0.250. The Hall–Kier alpha value is -2.26. The van der Waals surface area contributed by atoms with Crippen molar-refractivity contribution < 1.29 is 18.7 Å². The maximum atomic E-state index is 13.5. The molecule has 92 valence electrons. The molecule has 0 bridgehead atoms. The average molecular weight is 248 g/mol. The van der Waals surface area contributed by atoms with Gasteiger partial charge in [0.1, 0.15) is 19.0 Å². The Kier molecular flexibility index (Phi) is 3.35. The van der Waals surface area contributed by atoms with Crippen molar-refractivity contribution in [1.29, 1.82) is 5.26 Å². The third-order valence-corrected chi connectivity index (χ3v) is 2.56. The van der Waals surface area contributed by atoms with Crippen molar-refractivity contribution in [2.45, 2.75) is 6.54 Å². The first-order valence-electron chi connectivity index (χ1n) is 5.21. The lowest BCUT2D eigenvalue weighted by atomic mass is 10.1. The van der Waals surface area contributed by atoms with Crippen LogP contribution in [0.2, 0.25) is 0 Å². The van der Waals surface area contributed by atoms with Crippen molar-refractivity contribution in [2.24, 2.45) is 0 Å². The van der Waals surface area contributed by atoms with Gasteiger partial charge in [0.2, 0.25) is 0 Å². The first-order valence-corrected chi connectivity index (χ1v) is 5.21. The number of nitrogens with zero attached hydrogens (tertiary/aromatic N) is 2. The average Bonchev–Trinajstić information content (AvgIpc) is 2.36. The van der Waals surface area contributed by atoms with Gasteiger partial charge in [0.25, 0.3) is 11.8 Å². The van der Waals surface area contributed by atoms with E-state index in [1.165, 1.54) is 12.1 Å². The summed E-state index contributed by atoms with van der Waals surface area (Å²) in [4.78, 5) is 23.9. The molecule has 1 fully saturated rings. The summed E-state index contributed by atoms with van der Waals surface area (Å²) in [6, 6.07) is 5.68. The molecule has 0 aliphatic carbocycles. The van der Waals surface area contributed by atoms with E-state index >= 15 is 0 Å². The van der Waals surface area contributed by atoms with Crippen LogP contribution in [0.4, 0.5) is 4.39 Å². The highest BCUT2D eigenvalue weighted by atomic mass is 19.1. The first-order chi connectivity index (χ1) is 8.61. The van der Waals surface area contributed by atoms with Gasteiger partial charge in [-0.2, -0.15) is 5.26 Å². The minimum Gasteiger partial charge on any atom is -0.362 e. The molecule has 1 aliphatic rings. The fourth-order valence-corrected chi connectivity index (χ4v) is 1.63. The summed E-state index contributed by atoms with van der Waals surface area (Å²) in [7, 11) is 0. The molecule has 1 saturated heterocycles. The smallest absolute Gasteiger partial charge is 0.255 e. The van der Waals surface area contributed by atoms with Crippen LogP contribution < -0.4 is 0 Å². The van der Waals surface area contributed by atoms with Crippen molar-refractivity contribution in [1.82, 2.24) is 4.90 Å². The highest BCUT2D eigenvalue weighted by Gasteiger charge is 2.27. The van der Waals surface area contributed by atoms with E-state index in [1.807, 2.05) is 6.07 Å². The van der Waals surface area contributed by atoms with E-state index in [9.17, 15) is 14.0 Å². The fourth-order valence-electron chi connectivity index (χ4n) is 1.63. The molecule has 1 aromatic carbocycles. The molecular formula is C12H9FN2O3. The highest BCUT2D eigenvalue weighted by Crippen LogP contribution is 2.14. The van der Waals surface area contributed by atoms with E-state index in [0.717, 1.165) is 11.0 Å². The minimum atomic E-state index is -0.555. The number of hydrogen-bond donors (Lipinski definition) is 0. The van der Waals surface area contributed by atoms with E-state index < -0.39 is 17.6 Å². The van der Waals surface area contributed by atoms with Crippen molar-refractivity contribution in [3.05, 3.63) is 35.1 Å². The summed E-state index contributed by atoms with van der Waals surface area (Å²) in [6.45, 7) is -0.557. The molecule has 0 N–H and O–H groups in total. The van der Waals surface area contributed by atoms with E-state index in [1.54, 1.807) is 0 Å². The van der Waals surface area contributed by atoms with Crippen LogP contribution >= 0.6 is 0 Å². The first kappa shape index (κ1) is 12.2. The number of benzene rings is 1. The van der Waals surface area contributed by atoms with Gasteiger partial charge in [-0.3, -0.25) is 14.5 Å². The summed E-state index contributed by atoms with van der Waals surface area (Å²) in [5.41, 5.74) is 0.414. The quantitative estimate of drug-likeness (QED) is 0.718. The molecule has 1 aromatic rings. The van der Waals surface area contributed by atoms with Gasteiger partial charge in [-0.15, -0.1) is 0 Å². The zero-order valence-electron chi connectivity index (χ0n) is 9.35. The normalized spacial score (nSPS) is 15.7. The molecule has 0 saturated carbocycles. The third-order valence-electron chi connectivity index (χ3n) is 2.56. The second kappa shape index (κ2) is 4.94. The second-order valence-electron chi connectivity index (χ2n) is 3.78. The number of imide groups is 1. The van der Waals surface area contributed by atoms with E-state index in [0.29, 0.717) is 0 Å². The predicted molar refractivity (Wildman–Crippen MR) is 57.5 cm³/mol. The number of morpholine rings is 1. The van der Waals surface area contributed by atoms with Crippen LogP contribution in [0, 0.1) is 17.1 Å². The maximum Gasteiger partial charge on any atom is 0.255 e. The topological polar surface area (TPSA) is 70.4 Å². The van der Waals surface area contributed by atoms with Crippen molar-refractivity contribution >= 4 is 11.8 Å². The van der Waals surface area contributed by atoms with E-state index in [4.69, 9.17) is 10.00 Å². The SMILES string of the molecule is N#Cc1ccc(F)c(CN2C(=O)COCC2=O)c1. The maximum absolute atomic E-state index is 13.5. The van der Waals surface area contributed by atoms with Gasteiger partial charge in [0.05, 0.1) is 18.2 Å². The molecule has 1 aliphatic heterocycles. The molecule has 0 unspecified atom stereocenters. The van der Waals surface area contributed by atoms with Gasteiger partial charge in [-0.25, -0.2) is 4.39 Å². The van der Waals surface area contributed by atoms with Gasteiger partial charge in [-0.1, -0.05) is 0 Å². The van der Waals surface area contributed by atoms with Crippen LogP contribution in [0.1, 0.15) is 11.1 Å². The van der Waals surface area contributed by atoms with E-state index in [-0.39, 0.29) is 30.9 Å². The molecule has 5 nitrogen and oxygen atoms in total. The lowest BCUT2D eigenvalue weighted by Gasteiger charge is -2.25. The standard InChI is InChI=1S/C12H9FN2O3/c13-10-2-1-8(4-14)3-9(10)5-15-11(16)6-18-7-12(15)17/h1-3H,5-7H2. The molecule has 18 heavy (non-hydrogen) atoms. The van der Waals surface area contributed by atoms with Crippen LogP contribution in [0.3, 0.4) is 0 Å². The molecule has 1 heterocycles. The number of ether oxygens (including phenoxy) is 1. The zero-order valence-corrected chi connectivity index (χ0v) is 9.35. The second-order valence-corrected chi connectivity index (χ2v) is 3.78. The Labute approximate surface area is 102 Å². The Morgan fingerprint density at radius 1 is 1.33 bits per heavy atom. The summed E-state index contributed by atoms with van der Waals surface area (Å²) < 4.78 is 18.3. The summed E-state index contributed by atoms with van der Waals surface area (Å²) in [6.07, 6.45) is 0. The minimum absolute atomic E-state index is 0.137. The zero-order chi connectivity index (χ0) is 13.1. The van der Waals surface area contributed by atoms with Gasteiger partial charge < -0.3 is 4.74 Å². The van der Waals surface area contributed by atoms with Gasteiger partial charge >= 0.3 is 0 Å². The lowest BCUT2D eigenvalue weighted by Crippen LogP contribution is -2.45. The molecule has 0 aromatic heterocycles. The Morgan fingerprint density at radius 3 is 2.61 bits per heavy atom. The highest BCUT2D eigenvalue weighted by molar-refractivity contribution is 5.98. The molecule has 6 heteroatoms. The molecule has 2 amide bonds. The van der Waals surface area contributed by atoms with Gasteiger partial charge in [0.15, 0.2) is 0 Å². The Bertz CT molecular complexity index is 535. The van der Waals surface area contributed by atoms with Gasteiger partial charge in [-0.05, 0) is 18.2 Å². The van der Waals surface area contributed by atoms with Crippen molar-refractivity contribution in [3.63, 3.8) is 0 Å². The number of hydrogen-bond acceptors (Lipinski definition) is 4. The van der Waals surface area contributed by atoms with Crippen LogP contribution in [0.5, 0.6) is 0 Å². The van der Waals surface area contributed by atoms with Gasteiger partial charge in [0, 0.05) is 5.56 Å². The van der Waals surface area contributed by atoms with Crippen LogP contribution in [-0.4, -0.2) is 29.9 Å². The number of amides is 2. The number of rotatable bonds is 2. The summed E-state index contributed by atoms with van der Waals surface area (Å²) in [5.74, 6) is -1.57. The molecule has 0 radical (unpaired) electrons. The number of nitriles is 1. The summed E-state index contributed by atoms with van der Waals surface area (Å²) >= 11 is 0.